The van der Waals surface area contributed by atoms with Crippen LogP contribution < -0.4 is 10.6 Å². The van der Waals surface area contributed by atoms with E-state index in [1.54, 1.807) is 0 Å². The van der Waals surface area contributed by atoms with Crippen molar-refractivity contribution in [2.45, 2.75) is 19.3 Å². The summed E-state index contributed by atoms with van der Waals surface area (Å²) in [4.78, 5) is 5.69. The van der Waals surface area contributed by atoms with Crippen molar-refractivity contribution in [3.8, 4) is 0 Å². The zero-order valence-electron chi connectivity index (χ0n) is 11.4. The number of nitrogens with one attached hydrogen (secondary N) is 2. The highest BCUT2D eigenvalue weighted by molar-refractivity contribution is 7.09. The van der Waals surface area contributed by atoms with E-state index in [1.165, 1.54) is 29.1 Å². The molecule has 0 amide bonds. The molecule has 0 spiro atoms. The van der Waals surface area contributed by atoms with E-state index in [0.29, 0.717) is 0 Å². The molecule has 3 heterocycles. The van der Waals surface area contributed by atoms with Gasteiger partial charge in [-0.2, -0.15) is 0 Å². The Morgan fingerprint density at radius 1 is 1.37 bits per heavy atom. The number of thiophene rings is 1. The summed E-state index contributed by atoms with van der Waals surface area (Å²) in [6.07, 6.45) is 5.39. The largest absolute Gasteiger partial charge is 0.383 e. The van der Waals surface area contributed by atoms with Crippen LogP contribution in [-0.2, 0) is 12.8 Å². The van der Waals surface area contributed by atoms with Gasteiger partial charge in [0.25, 0.3) is 0 Å². The molecule has 102 valence electrons. The molecule has 2 N–H and O–H groups in total. The first kappa shape index (κ1) is 14.0. The lowest BCUT2D eigenvalue weighted by atomic mass is 10.3. The second-order valence-corrected chi connectivity index (χ2v) is 5.49. The lowest BCUT2D eigenvalue weighted by Gasteiger charge is -1.95. The molecule has 2 aromatic rings. The van der Waals surface area contributed by atoms with Crippen LogP contribution in [-0.4, -0.2) is 25.1 Å². The van der Waals surface area contributed by atoms with Crippen LogP contribution in [0.25, 0.3) is 0 Å². The van der Waals surface area contributed by atoms with Crippen LogP contribution in [0.4, 0.5) is 5.69 Å². The molecule has 0 saturated carbocycles. The summed E-state index contributed by atoms with van der Waals surface area (Å²) in [5, 5.41) is 8.51. The summed E-state index contributed by atoms with van der Waals surface area (Å²) >= 11 is 1.85. The lowest BCUT2D eigenvalue weighted by molar-refractivity contribution is 0.729. The second kappa shape index (κ2) is 7.92. The molecule has 0 aromatic carbocycles. The van der Waals surface area contributed by atoms with Crippen LogP contribution >= 0.6 is 11.3 Å². The van der Waals surface area contributed by atoms with Gasteiger partial charge in [-0.3, -0.25) is 4.98 Å². The maximum absolute atomic E-state index is 4.20. The zero-order valence-corrected chi connectivity index (χ0v) is 12.2. The smallest absolute Gasteiger partial charge is 0.0652 e. The van der Waals surface area contributed by atoms with Crippen molar-refractivity contribution in [2.24, 2.45) is 0 Å². The maximum Gasteiger partial charge on any atom is 0.0652 e. The summed E-state index contributed by atoms with van der Waals surface area (Å²) in [6.45, 7) is 2.17. The highest BCUT2D eigenvalue weighted by Crippen LogP contribution is 2.17. The molecule has 3 rings (SSSR count). The van der Waals surface area contributed by atoms with Crippen LogP contribution in [0, 0.1) is 0 Å². The fourth-order valence-electron chi connectivity index (χ4n) is 2.01. The molecule has 19 heavy (non-hydrogen) atoms. The van der Waals surface area contributed by atoms with E-state index >= 15 is 0 Å². The second-order valence-electron chi connectivity index (χ2n) is 4.46. The van der Waals surface area contributed by atoms with E-state index in [-0.39, 0.29) is 0 Å². The van der Waals surface area contributed by atoms with Crippen molar-refractivity contribution in [2.75, 3.05) is 25.5 Å². The third-order valence-electron chi connectivity index (χ3n) is 3.00. The number of fused-ring (bicyclic) bond motifs is 1. The summed E-state index contributed by atoms with van der Waals surface area (Å²) in [6, 6.07) is 8.33. The molecule has 0 radical (unpaired) electrons. The Kier molecular flexibility index (Phi) is 5.85. The molecule has 0 fully saturated rings. The van der Waals surface area contributed by atoms with E-state index < -0.39 is 0 Å². The summed E-state index contributed by atoms with van der Waals surface area (Å²) in [5.74, 6) is 0. The molecular weight excluding hydrogens is 254 g/mol. The van der Waals surface area contributed by atoms with E-state index in [2.05, 4.69) is 39.2 Å². The van der Waals surface area contributed by atoms with Crippen molar-refractivity contribution in [1.29, 1.82) is 0 Å². The number of nitrogens with zero attached hydrogens (tertiary/aromatic N) is 1. The average Bonchev–Trinajstić information content (AvgIpc) is 3.11. The van der Waals surface area contributed by atoms with Crippen molar-refractivity contribution in [3.63, 3.8) is 0 Å². The molecule has 1 aliphatic heterocycles. The molecule has 0 bridgehead atoms. The van der Waals surface area contributed by atoms with E-state index in [0.717, 1.165) is 19.5 Å². The fourth-order valence-corrected chi connectivity index (χ4v) is 2.76. The zero-order chi connectivity index (χ0) is 13.3. The van der Waals surface area contributed by atoms with Crippen LogP contribution in [0.15, 0.2) is 35.8 Å². The fraction of sp³-hybridized carbons (Fsp3) is 0.400. The van der Waals surface area contributed by atoms with Gasteiger partial charge in [0, 0.05) is 24.0 Å². The van der Waals surface area contributed by atoms with Crippen LogP contribution in [0.1, 0.15) is 17.0 Å². The standard InChI is InChI=1S/C8H13NS.C7H8N2/c1-9-6-2-4-8-5-3-7-10-8;1-2-6-7(8-4-1)3-5-9-6/h3,5,7,9H,2,4,6H2,1H3;1-2,4,9H,3,5H2. The van der Waals surface area contributed by atoms with Crippen molar-refractivity contribution in [3.05, 3.63) is 46.4 Å². The third-order valence-corrected chi connectivity index (χ3v) is 3.93. The maximum atomic E-state index is 4.20. The molecule has 4 heteroatoms. The van der Waals surface area contributed by atoms with Gasteiger partial charge in [0.2, 0.25) is 0 Å². The highest BCUT2D eigenvalue weighted by atomic mass is 32.1. The quantitative estimate of drug-likeness (QED) is 0.842. The minimum atomic E-state index is 1.05. The normalized spacial score (nSPS) is 12.3. The van der Waals surface area contributed by atoms with Gasteiger partial charge in [-0.05, 0) is 50.0 Å². The first-order chi connectivity index (χ1) is 9.40. The summed E-state index contributed by atoms with van der Waals surface area (Å²) in [5.41, 5.74) is 2.41. The van der Waals surface area contributed by atoms with Crippen LogP contribution in [0.3, 0.4) is 0 Å². The Morgan fingerprint density at radius 3 is 3.05 bits per heavy atom. The summed E-state index contributed by atoms with van der Waals surface area (Å²) in [7, 11) is 1.99. The predicted molar refractivity (Wildman–Crippen MR) is 83.0 cm³/mol. The predicted octanol–water partition coefficient (Wildman–Crippen LogP) is 2.95. The molecule has 0 atom stereocenters. The number of anilines is 1. The van der Waals surface area contributed by atoms with Gasteiger partial charge < -0.3 is 10.6 Å². The third kappa shape index (κ3) is 4.65. The molecule has 0 saturated heterocycles. The number of hydrogen-bond acceptors (Lipinski definition) is 4. The minimum absolute atomic E-state index is 1.05. The Bertz CT molecular complexity index is 445. The summed E-state index contributed by atoms with van der Waals surface area (Å²) < 4.78 is 0. The van der Waals surface area contributed by atoms with Gasteiger partial charge in [0.1, 0.15) is 0 Å². The molecule has 0 aliphatic carbocycles. The Balaban J connectivity index is 0.000000141. The van der Waals surface area contributed by atoms with Gasteiger partial charge in [0.05, 0.1) is 11.4 Å². The first-order valence-corrected chi connectivity index (χ1v) is 7.63. The molecular formula is C15H21N3S. The van der Waals surface area contributed by atoms with Gasteiger partial charge >= 0.3 is 0 Å². The van der Waals surface area contributed by atoms with Gasteiger partial charge in [0.15, 0.2) is 0 Å². The van der Waals surface area contributed by atoms with Crippen LogP contribution in [0.5, 0.6) is 0 Å². The number of aryl methyl sites for hydroxylation is 1. The molecule has 1 aliphatic rings. The van der Waals surface area contributed by atoms with Crippen molar-refractivity contribution >= 4 is 17.0 Å². The minimum Gasteiger partial charge on any atom is -0.383 e. The molecule has 0 unspecified atom stereocenters. The number of aromatic nitrogens is 1. The van der Waals surface area contributed by atoms with Crippen LogP contribution in [0.2, 0.25) is 0 Å². The van der Waals surface area contributed by atoms with Gasteiger partial charge in [-0.1, -0.05) is 6.07 Å². The topological polar surface area (TPSA) is 37.0 Å². The van der Waals surface area contributed by atoms with Crippen molar-refractivity contribution < 1.29 is 0 Å². The van der Waals surface area contributed by atoms with Gasteiger partial charge in [-0.25, -0.2) is 0 Å². The molecule has 3 nitrogen and oxygen atoms in total. The van der Waals surface area contributed by atoms with Gasteiger partial charge in [-0.15, -0.1) is 11.3 Å². The van der Waals surface area contributed by atoms with E-state index in [4.69, 9.17) is 0 Å². The number of hydrogen-bond donors (Lipinski definition) is 2. The highest BCUT2D eigenvalue weighted by Gasteiger charge is 2.07. The number of pyridine rings is 1. The Labute approximate surface area is 119 Å². The van der Waals surface area contributed by atoms with E-state index in [9.17, 15) is 0 Å². The lowest BCUT2D eigenvalue weighted by Crippen LogP contribution is -2.07. The Hall–Kier alpha value is -1.39. The van der Waals surface area contributed by atoms with E-state index in [1.807, 2.05) is 30.6 Å². The van der Waals surface area contributed by atoms with Crippen molar-refractivity contribution in [1.82, 2.24) is 10.3 Å². The monoisotopic (exact) mass is 275 g/mol. The Morgan fingerprint density at radius 2 is 2.32 bits per heavy atom. The average molecular weight is 275 g/mol. The SMILES string of the molecule is CNCCCc1cccs1.c1cnc2c(c1)NCC2. The number of rotatable bonds is 4. The molecule has 2 aromatic heterocycles. The first-order valence-electron chi connectivity index (χ1n) is 6.75.